The maximum absolute atomic E-state index is 4.71. The van der Waals surface area contributed by atoms with Gasteiger partial charge in [0.25, 0.3) is 0 Å². The lowest BCUT2D eigenvalue weighted by Gasteiger charge is -2.13. The van der Waals surface area contributed by atoms with Crippen molar-refractivity contribution in [3.8, 4) is 0 Å². The topological polar surface area (TPSA) is 97.3 Å². The average molecular weight is 410 g/mol. The standard InChI is InChI=1S/C19H23N9S/c1-2-16-24-23-14-27(16)10-8-20-19(21-12-15-6-5-11-29-15)22-13-18-26-25-17-7-3-4-9-28(17)18/h3-7,9,11,14H,2,8,10,12-13H2,1H3,(H2,20,21,22). The van der Waals surface area contributed by atoms with Gasteiger partial charge < -0.3 is 15.2 Å². The summed E-state index contributed by atoms with van der Waals surface area (Å²) in [6, 6.07) is 9.99. The van der Waals surface area contributed by atoms with Gasteiger partial charge in [0, 0.05) is 30.6 Å². The second kappa shape index (κ2) is 9.28. The van der Waals surface area contributed by atoms with Gasteiger partial charge in [-0.25, -0.2) is 4.99 Å². The van der Waals surface area contributed by atoms with Crippen LogP contribution >= 0.6 is 11.3 Å². The summed E-state index contributed by atoms with van der Waals surface area (Å²) in [5, 5.41) is 25.4. The summed E-state index contributed by atoms with van der Waals surface area (Å²) < 4.78 is 4.00. The fourth-order valence-electron chi connectivity index (χ4n) is 2.94. The van der Waals surface area contributed by atoms with Crippen LogP contribution in [0.4, 0.5) is 0 Å². The second-order valence-corrected chi connectivity index (χ2v) is 7.40. The van der Waals surface area contributed by atoms with Crippen molar-refractivity contribution in [2.75, 3.05) is 6.54 Å². The third-order valence-electron chi connectivity index (χ3n) is 4.43. The Kier molecular flexibility index (Phi) is 6.10. The summed E-state index contributed by atoms with van der Waals surface area (Å²) in [7, 11) is 0. The van der Waals surface area contributed by atoms with E-state index in [1.54, 1.807) is 17.7 Å². The van der Waals surface area contributed by atoms with Crippen LogP contribution in [-0.2, 0) is 26.1 Å². The lowest BCUT2D eigenvalue weighted by atomic mass is 10.4. The van der Waals surface area contributed by atoms with Gasteiger partial charge in [0.05, 0.1) is 6.54 Å². The lowest BCUT2D eigenvalue weighted by Crippen LogP contribution is -2.38. The Morgan fingerprint density at radius 2 is 2.07 bits per heavy atom. The highest BCUT2D eigenvalue weighted by molar-refractivity contribution is 7.09. The molecule has 0 unspecified atom stereocenters. The van der Waals surface area contributed by atoms with Crippen LogP contribution < -0.4 is 10.6 Å². The number of nitrogens with one attached hydrogen (secondary N) is 2. The number of aliphatic imine (C=N–C) groups is 1. The van der Waals surface area contributed by atoms with Gasteiger partial charge >= 0.3 is 0 Å². The molecule has 0 amide bonds. The number of hydrogen-bond acceptors (Lipinski definition) is 6. The Morgan fingerprint density at radius 3 is 2.93 bits per heavy atom. The molecule has 29 heavy (non-hydrogen) atoms. The van der Waals surface area contributed by atoms with Crippen LogP contribution in [0.1, 0.15) is 23.4 Å². The Hall–Kier alpha value is -3.27. The first-order valence-electron chi connectivity index (χ1n) is 9.53. The van der Waals surface area contributed by atoms with E-state index in [9.17, 15) is 0 Å². The number of nitrogens with zero attached hydrogens (tertiary/aromatic N) is 7. The second-order valence-electron chi connectivity index (χ2n) is 6.36. The molecule has 0 fully saturated rings. The molecule has 0 aliphatic heterocycles. The Morgan fingerprint density at radius 1 is 1.10 bits per heavy atom. The molecule has 0 aliphatic carbocycles. The van der Waals surface area contributed by atoms with Crippen LogP contribution in [0.3, 0.4) is 0 Å². The van der Waals surface area contributed by atoms with Gasteiger partial charge in [-0.1, -0.05) is 19.1 Å². The smallest absolute Gasteiger partial charge is 0.192 e. The van der Waals surface area contributed by atoms with Crippen LogP contribution in [0.2, 0.25) is 0 Å². The number of aryl methyl sites for hydroxylation is 1. The van der Waals surface area contributed by atoms with Gasteiger partial charge in [-0.15, -0.1) is 31.7 Å². The number of pyridine rings is 1. The summed E-state index contributed by atoms with van der Waals surface area (Å²) in [5.74, 6) is 2.51. The summed E-state index contributed by atoms with van der Waals surface area (Å²) in [5.41, 5.74) is 0.818. The molecular weight excluding hydrogens is 386 g/mol. The Bertz CT molecular complexity index is 1060. The van der Waals surface area contributed by atoms with E-state index in [2.05, 4.69) is 54.0 Å². The molecule has 4 heterocycles. The van der Waals surface area contributed by atoms with Gasteiger partial charge in [0.2, 0.25) is 0 Å². The summed E-state index contributed by atoms with van der Waals surface area (Å²) >= 11 is 1.72. The van der Waals surface area contributed by atoms with E-state index in [1.165, 1.54) is 4.88 Å². The molecule has 4 aromatic rings. The molecule has 150 valence electrons. The van der Waals surface area contributed by atoms with Crippen LogP contribution in [-0.4, -0.2) is 41.9 Å². The molecule has 0 atom stereocenters. The first-order valence-corrected chi connectivity index (χ1v) is 10.4. The van der Waals surface area contributed by atoms with E-state index in [0.29, 0.717) is 13.1 Å². The molecule has 0 saturated heterocycles. The van der Waals surface area contributed by atoms with E-state index in [0.717, 1.165) is 42.8 Å². The van der Waals surface area contributed by atoms with Crippen molar-refractivity contribution in [1.82, 2.24) is 40.0 Å². The van der Waals surface area contributed by atoms with Crippen LogP contribution in [0.15, 0.2) is 53.2 Å². The van der Waals surface area contributed by atoms with Gasteiger partial charge in [0.15, 0.2) is 17.4 Å². The fraction of sp³-hybridized carbons (Fsp3) is 0.316. The molecule has 0 spiro atoms. The van der Waals surface area contributed by atoms with Crippen molar-refractivity contribution in [3.63, 3.8) is 0 Å². The van der Waals surface area contributed by atoms with Gasteiger partial charge in [-0.05, 0) is 23.6 Å². The number of rotatable bonds is 8. The third kappa shape index (κ3) is 4.77. The molecule has 0 radical (unpaired) electrons. The average Bonchev–Trinajstić information content (AvgIpc) is 3.50. The maximum Gasteiger partial charge on any atom is 0.192 e. The summed E-state index contributed by atoms with van der Waals surface area (Å²) in [6.45, 7) is 4.70. The normalized spacial score (nSPS) is 11.8. The zero-order chi connectivity index (χ0) is 19.9. The number of guanidine groups is 1. The molecule has 0 bridgehead atoms. The molecule has 0 aromatic carbocycles. The SMILES string of the molecule is CCc1nncn1CCNC(=NCc1nnc2ccccn12)NCc1cccs1. The molecule has 9 nitrogen and oxygen atoms in total. The largest absolute Gasteiger partial charge is 0.355 e. The minimum atomic E-state index is 0.428. The predicted molar refractivity (Wildman–Crippen MR) is 113 cm³/mol. The first kappa shape index (κ1) is 19.1. The van der Waals surface area contributed by atoms with E-state index in [-0.39, 0.29) is 0 Å². The maximum atomic E-state index is 4.71. The first-order chi connectivity index (χ1) is 14.3. The number of aromatic nitrogens is 6. The molecule has 0 saturated carbocycles. The van der Waals surface area contributed by atoms with E-state index >= 15 is 0 Å². The van der Waals surface area contributed by atoms with Crippen molar-refractivity contribution in [3.05, 3.63) is 64.8 Å². The number of hydrogen-bond donors (Lipinski definition) is 2. The van der Waals surface area contributed by atoms with Gasteiger partial charge in [-0.3, -0.25) is 4.40 Å². The third-order valence-corrected chi connectivity index (χ3v) is 5.31. The summed E-state index contributed by atoms with van der Waals surface area (Å²) in [6.07, 6.45) is 4.57. The monoisotopic (exact) mass is 409 g/mol. The molecule has 4 rings (SSSR count). The van der Waals surface area contributed by atoms with E-state index in [1.807, 2.05) is 34.9 Å². The quantitative estimate of drug-likeness (QED) is 0.341. The molecule has 10 heteroatoms. The van der Waals surface area contributed by atoms with Crippen LogP contribution in [0.5, 0.6) is 0 Å². The van der Waals surface area contributed by atoms with Gasteiger partial charge in [-0.2, -0.15) is 0 Å². The van der Waals surface area contributed by atoms with Gasteiger partial charge in [0.1, 0.15) is 18.7 Å². The van der Waals surface area contributed by atoms with Crippen LogP contribution in [0, 0.1) is 0 Å². The number of fused-ring (bicyclic) bond motifs is 1. The highest BCUT2D eigenvalue weighted by Gasteiger charge is 2.06. The molecule has 2 N–H and O–H groups in total. The van der Waals surface area contributed by atoms with Crippen LogP contribution in [0.25, 0.3) is 5.65 Å². The fourth-order valence-corrected chi connectivity index (χ4v) is 3.59. The van der Waals surface area contributed by atoms with E-state index < -0.39 is 0 Å². The van der Waals surface area contributed by atoms with Crippen molar-refractivity contribution < 1.29 is 0 Å². The highest BCUT2D eigenvalue weighted by Crippen LogP contribution is 2.07. The van der Waals surface area contributed by atoms with Crippen molar-refractivity contribution >= 4 is 22.9 Å². The molecular formula is C19H23N9S. The molecule has 0 aliphatic rings. The minimum Gasteiger partial charge on any atom is -0.355 e. The number of thiophene rings is 1. The zero-order valence-corrected chi connectivity index (χ0v) is 17.0. The van der Waals surface area contributed by atoms with E-state index in [4.69, 9.17) is 4.99 Å². The predicted octanol–water partition coefficient (Wildman–Crippen LogP) is 1.88. The highest BCUT2D eigenvalue weighted by atomic mass is 32.1. The Labute approximate surface area is 172 Å². The summed E-state index contributed by atoms with van der Waals surface area (Å²) in [4.78, 5) is 5.96. The van der Waals surface area contributed by atoms with Crippen molar-refractivity contribution in [2.45, 2.75) is 33.0 Å². The van der Waals surface area contributed by atoms with Crippen molar-refractivity contribution in [1.29, 1.82) is 0 Å². The molecule has 4 aromatic heterocycles. The van der Waals surface area contributed by atoms with Crippen molar-refractivity contribution in [2.24, 2.45) is 4.99 Å². The minimum absolute atomic E-state index is 0.428. The lowest BCUT2D eigenvalue weighted by molar-refractivity contribution is 0.631. The zero-order valence-electron chi connectivity index (χ0n) is 16.2. The Balaban J connectivity index is 1.42.